The number of carbonyl (C=O) groups excluding carboxylic acids is 1. The molecule has 1 unspecified atom stereocenters. The third-order valence-corrected chi connectivity index (χ3v) is 3.33. The van der Waals surface area contributed by atoms with Crippen LogP contribution >= 0.6 is 11.8 Å². The minimum atomic E-state index is -0.0183. The van der Waals surface area contributed by atoms with Crippen LogP contribution < -0.4 is 10.6 Å². The Morgan fingerprint density at radius 2 is 2.62 bits per heavy atom. The molecule has 1 fully saturated rings. The van der Waals surface area contributed by atoms with Crippen molar-refractivity contribution in [3.8, 4) is 0 Å². The Morgan fingerprint density at radius 3 is 3.31 bits per heavy atom. The van der Waals surface area contributed by atoms with Crippen molar-refractivity contribution < 1.29 is 4.79 Å². The fraction of sp³-hybridized carbons (Fsp3) is 0.667. The number of hydrogen-bond donors (Lipinski definition) is 3. The zero-order chi connectivity index (χ0) is 11.2. The number of carbonyl (C=O) groups is 1. The molecule has 0 spiro atoms. The molecule has 1 atom stereocenters. The standard InChI is InChI=1S/C9H15N5OS/c15-9(7-4-16-6-12-7)10-3-1-2-8-11-5-13-14-8/h5,7,12H,1-4,6H2,(H,10,15)(H,11,13,14). The van der Waals surface area contributed by atoms with Crippen molar-refractivity contribution in [2.75, 3.05) is 18.2 Å². The lowest BCUT2D eigenvalue weighted by Crippen LogP contribution is -2.42. The molecular formula is C9H15N5OS. The number of aromatic nitrogens is 3. The third kappa shape index (κ3) is 3.21. The lowest BCUT2D eigenvalue weighted by Gasteiger charge is -2.09. The van der Waals surface area contributed by atoms with Crippen molar-refractivity contribution in [1.82, 2.24) is 25.8 Å². The van der Waals surface area contributed by atoms with Crippen LogP contribution in [0.2, 0.25) is 0 Å². The smallest absolute Gasteiger partial charge is 0.238 e. The van der Waals surface area contributed by atoms with E-state index in [2.05, 4.69) is 25.8 Å². The molecule has 88 valence electrons. The molecule has 0 bridgehead atoms. The van der Waals surface area contributed by atoms with Gasteiger partial charge in [0.1, 0.15) is 12.2 Å². The van der Waals surface area contributed by atoms with Crippen LogP contribution in [-0.4, -0.2) is 45.3 Å². The quantitative estimate of drug-likeness (QED) is 0.606. The van der Waals surface area contributed by atoms with E-state index in [0.29, 0.717) is 6.54 Å². The first-order valence-corrected chi connectivity index (χ1v) is 6.45. The lowest BCUT2D eigenvalue weighted by molar-refractivity contribution is -0.122. The number of nitrogens with one attached hydrogen (secondary N) is 3. The van der Waals surface area contributed by atoms with Crippen LogP contribution in [0.15, 0.2) is 6.33 Å². The monoisotopic (exact) mass is 241 g/mol. The number of rotatable bonds is 5. The molecule has 1 aromatic heterocycles. The van der Waals surface area contributed by atoms with E-state index in [1.807, 2.05) is 0 Å². The molecule has 6 nitrogen and oxygen atoms in total. The molecule has 1 amide bonds. The molecule has 16 heavy (non-hydrogen) atoms. The van der Waals surface area contributed by atoms with Gasteiger partial charge in [-0.05, 0) is 6.42 Å². The van der Waals surface area contributed by atoms with Gasteiger partial charge in [-0.2, -0.15) is 5.10 Å². The summed E-state index contributed by atoms with van der Waals surface area (Å²) in [5.74, 6) is 2.70. The summed E-state index contributed by atoms with van der Waals surface area (Å²) < 4.78 is 0. The summed E-state index contributed by atoms with van der Waals surface area (Å²) in [5, 5.41) is 12.6. The molecule has 1 aliphatic heterocycles. The van der Waals surface area contributed by atoms with Crippen LogP contribution in [0, 0.1) is 0 Å². The lowest BCUT2D eigenvalue weighted by atomic mass is 10.2. The number of aryl methyl sites for hydroxylation is 1. The average Bonchev–Trinajstić information content (AvgIpc) is 2.96. The zero-order valence-corrected chi connectivity index (χ0v) is 9.72. The number of nitrogens with zero attached hydrogens (tertiary/aromatic N) is 2. The van der Waals surface area contributed by atoms with E-state index in [1.54, 1.807) is 11.8 Å². The molecule has 7 heteroatoms. The van der Waals surface area contributed by atoms with Crippen LogP contribution in [0.25, 0.3) is 0 Å². The number of hydrogen-bond acceptors (Lipinski definition) is 5. The van der Waals surface area contributed by atoms with Gasteiger partial charge in [0.05, 0.1) is 6.04 Å². The van der Waals surface area contributed by atoms with Crippen LogP contribution in [0.1, 0.15) is 12.2 Å². The highest BCUT2D eigenvalue weighted by atomic mass is 32.2. The molecule has 1 aliphatic rings. The van der Waals surface area contributed by atoms with E-state index in [4.69, 9.17) is 0 Å². The maximum atomic E-state index is 11.6. The molecule has 2 rings (SSSR count). The van der Waals surface area contributed by atoms with Crippen molar-refractivity contribution in [3.63, 3.8) is 0 Å². The minimum absolute atomic E-state index is 0.0183. The van der Waals surface area contributed by atoms with Gasteiger partial charge in [-0.1, -0.05) is 0 Å². The Labute approximate surface area is 98.0 Å². The second-order valence-corrected chi connectivity index (χ2v) is 4.63. The molecule has 1 saturated heterocycles. The molecular weight excluding hydrogens is 226 g/mol. The Morgan fingerprint density at radius 1 is 1.69 bits per heavy atom. The summed E-state index contributed by atoms with van der Waals surface area (Å²) in [5.41, 5.74) is 0. The van der Waals surface area contributed by atoms with E-state index in [9.17, 15) is 4.79 Å². The Hall–Kier alpha value is -1.08. The van der Waals surface area contributed by atoms with E-state index in [0.717, 1.165) is 30.3 Å². The number of H-pyrrole nitrogens is 1. The van der Waals surface area contributed by atoms with Crippen molar-refractivity contribution in [3.05, 3.63) is 12.2 Å². The second-order valence-electron chi connectivity index (χ2n) is 3.60. The summed E-state index contributed by atoms with van der Waals surface area (Å²) >= 11 is 1.75. The minimum Gasteiger partial charge on any atom is -0.355 e. The van der Waals surface area contributed by atoms with Crippen LogP contribution in [0.4, 0.5) is 0 Å². The van der Waals surface area contributed by atoms with Crippen LogP contribution in [0.3, 0.4) is 0 Å². The Bertz CT molecular complexity index is 323. The van der Waals surface area contributed by atoms with Crippen LogP contribution in [-0.2, 0) is 11.2 Å². The van der Waals surface area contributed by atoms with Gasteiger partial charge in [-0.15, -0.1) is 11.8 Å². The SMILES string of the molecule is O=C(NCCCc1ncn[nH]1)C1CSCN1. The van der Waals surface area contributed by atoms with E-state index >= 15 is 0 Å². The summed E-state index contributed by atoms with van der Waals surface area (Å²) in [4.78, 5) is 15.6. The normalized spacial score (nSPS) is 19.9. The van der Waals surface area contributed by atoms with Crippen molar-refractivity contribution in [2.45, 2.75) is 18.9 Å². The first-order chi connectivity index (χ1) is 7.86. The van der Waals surface area contributed by atoms with Gasteiger partial charge in [0, 0.05) is 24.6 Å². The first kappa shape index (κ1) is 11.4. The highest BCUT2D eigenvalue weighted by Gasteiger charge is 2.21. The molecule has 1 aromatic rings. The molecule has 0 saturated carbocycles. The van der Waals surface area contributed by atoms with Gasteiger partial charge >= 0.3 is 0 Å². The topological polar surface area (TPSA) is 82.7 Å². The van der Waals surface area contributed by atoms with E-state index < -0.39 is 0 Å². The van der Waals surface area contributed by atoms with Gasteiger partial charge in [-0.25, -0.2) is 4.98 Å². The van der Waals surface area contributed by atoms with E-state index in [1.165, 1.54) is 6.33 Å². The maximum absolute atomic E-state index is 11.6. The summed E-state index contributed by atoms with van der Waals surface area (Å²) in [7, 11) is 0. The fourth-order valence-corrected chi connectivity index (χ4v) is 2.45. The number of aromatic amines is 1. The summed E-state index contributed by atoms with van der Waals surface area (Å²) in [6.45, 7) is 0.683. The molecule has 0 radical (unpaired) electrons. The molecule has 0 aromatic carbocycles. The first-order valence-electron chi connectivity index (χ1n) is 5.29. The van der Waals surface area contributed by atoms with Crippen molar-refractivity contribution >= 4 is 17.7 Å². The van der Waals surface area contributed by atoms with E-state index in [-0.39, 0.29) is 11.9 Å². The molecule has 3 N–H and O–H groups in total. The molecule has 0 aliphatic carbocycles. The highest BCUT2D eigenvalue weighted by Crippen LogP contribution is 2.09. The second kappa shape index (κ2) is 5.86. The predicted molar refractivity (Wildman–Crippen MR) is 62.0 cm³/mol. The average molecular weight is 241 g/mol. The van der Waals surface area contributed by atoms with Crippen molar-refractivity contribution in [1.29, 1.82) is 0 Å². The number of amides is 1. The fourth-order valence-electron chi connectivity index (χ4n) is 1.51. The Kier molecular flexibility index (Phi) is 4.17. The molecule has 2 heterocycles. The van der Waals surface area contributed by atoms with Gasteiger partial charge in [0.25, 0.3) is 0 Å². The Balaban J connectivity index is 1.59. The largest absolute Gasteiger partial charge is 0.355 e. The van der Waals surface area contributed by atoms with Gasteiger partial charge in [0.15, 0.2) is 0 Å². The van der Waals surface area contributed by atoms with Crippen LogP contribution in [0.5, 0.6) is 0 Å². The van der Waals surface area contributed by atoms with Gasteiger partial charge in [-0.3, -0.25) is 15.2 Å². The van der Waals surface area contributed by atoms with Gasteiger partial charge < -0.3 is 5.32 Å². The summed E-state index contributed by atoms with van der Waals surface area (Å²) in [6.07, 6.45) is 3.18. The predicted octanol–water partition coefficient (Wildman–Crippen LogP) is -0.484. The van der Waals surface area contributed by atoms with Gasteiger partial charge in [0.2, 0.25) is 5.91 Å². The zero-order valence-electron chi connectivity index (χ0n) is 8.90. The maximum Gasteiger partial charge on any atom is 0.238 e. The third-order valence-electron chi connectivity index (χ3n) is 2.39. The number of thioether (sulfide) groups is 1. The van der Waals surface area contributed by atoms with Crippen molar-refractivity contribution in [2.24, 2.45) is 0 Å². The highest BCUT2D eigenvalue weighted by molar-refractivity contribution is 7.99. The summed E-state index contributed by atoms with van der Waals surface area (Å²) in [6, 6.07) is -0.0183.